The van der Waals surface area contributed by atoms with Gasteiger partial charge in [0.1, 0.15) is 6.54 Å². The van der Waals surface area contributed by atoms with Crippen molar-refractivity contribution in [2.45, 2.75) is 36.0 Å². The van der Waals surface area contributed by atoms with E-state index < -0.39 is 39.9 Å². The number of aromatic nitrogens is 2. The van der Waals surface area contributed by atoms with Crippen LogP contribution in [0.25, 0.3) is 16.8 Å². The number of alkyl halides is 2. The summed E-state index contributed by atoms with van der Waals surface area (Å²) in [7, 11) is -3.40. The molecule has 1 fully saturated rings. The van der Waals surface area contributed by atoms with Crippen molar-refractivity contribution in [3.8, 4) is 22.9 Å². The van der Waals surface area contributed by atoms with Crippen LogP contribution in [-0.2, 0) is 14.6 Å². The average molecular weight is 499 g/mol. The van der Waals surface area contributed by atoms with E-state index in [4.69, 9.17) is 10.4 Å². The molecule has 1 aliphatic rings. The van der Waals surface area contributed by atoms with Gasteiger partial charge in [0.15, 0.2) is 9.84 Å². The Balaban J connectivity index is 1.82. The van der Waals surface area contributed by atoms with Crippen LogP contribution in [0.3, 0.4) is 0 Å². The van der Waals surface area contributed by atoms with E-state index in [1.807, 2.05) is 30.3 Å². The van der Waals surface area contributed by atoms with E-state index in [0.717, 1.165) is 11.9 Å². The quantitative estimate of drug-likeness (QED) is 0.515. The highest BCUT2D eigenvalue weighted by atomic mass is 32.2. The summed E-state index contributed by atoms with van der Waals surface area (Å²) in [5.41, 5.74) is 2.51. The number of carbonyl (C=O) groups excluding carboxylic acids is 1. The lowest BCUT2D eigenvalue weighted by atomic mass is 9.74. The predicted molar refractivity (Wildman–Crippen MR) is 126 cm³/mol. The normalized spacial score (nSPS) is 19.6. The summed E-state index contributed by atoms with van der Waals surface area (Å²) >= 11 is 0. The molecular formula is C25H24F2N4O3S. The van der Waals surface area contributed by atoms with Crippen molar-refractivity contribution in [3.63, 3.8) is 0 Å². The minimum atomic E-state index is -3.40. The second kappa shape index (κ2) is 9.58. The van der Waals surface area contributed by atoms with Crippen LogP contribution in [0.4, 0.5) is 8.78 Å². The molecule has 0 spiro atoms. The van der Waals surface area contributed by atoms with Crippen LogP contribution in [0.5, 0.6) is 0 Å². The molecule has 7 nitrogen and oxygen atoms in total. The second-order valence-electron chi connectivity index (χ2n) is 8.69. The van der Waals surface area contributed by atoms with Crippen LogP contribution in [0.2, 0.25) is 0 Å². The summed E-state index contributed by atoms with van der Waals surface area (Å²) in [6.45, 7) is -0.272. The maximum atomic E-state index is 14.3. The van der Waals surface area contributed by atoms with Gasteiger partial charge in [0.2, 0.25) is 11.8 Å². The van der Waals surface area contributed by atoms with Crippen LogP contribution in [0.1, 0.15) is 30.9 Å². The third-order valence-electron chi connectivity index (χ3n) is 6.21. The van der Waals surface area contributed by atoms with Gasteiger partial charge in [-0.25, -0.2) is 21.9 Å². The zero-order chi connectivity index (χ0) is 25.2. The molecule has 2 aromatic carbocycles. The minimum Gasteiger partial charge on any atom is -0.343 e. The van der Waals surface area contributed by atoms with E-state index in [-0.39, 0.29) is 24.3 Å². The maximum Gasteiger partial charge on any atom is 0.249 e. The molecule has 4 rings (SSSR count). The number of halogens is 2. The first-order chi connectivity index (χ1) is 16.6. The van der Waals surface area contributed by atoms with Crippen LogP contribution in [0.15, 0.2) is 65.7 Å². The molecule has 0 aliphatic heterocycles. The van der Waals surface area contributed by atoms with Crippen molar-refractivity contribution in [3.05, 3.63) is 66.5 Å². The van der Waals surface area contributed by atoms with Gasteiger partial charge in [-0.15, -0.1) is 0 Å². The summed E-state index contributed by atoms with van der Waals surface area (Å²) < 4.78 is 54.1. The highest BCUT2D eigenvalue weighted by Gasteiger charge is 2.46. The number of amides is 1. The maximum absolute atomic E-state index is 14.3. The molecule has 1 aliphatic carbocycles. The van der Waals surface area contributed by atoms with E-state index >= 15 is 0 Å². The number of hydrogen-bond donors (Lipinski definition) is 1. The lowest BCUT2D eigenvalue weighted by Gasteiger charge is -2.34. The highest BCUT2D eigenvalue weighted by Crippen LogP contribution is 2.47. The molecule has 1 aromatic heterocycles. The standard InChI is InChI=1S/C25H24F2N4O3S/c1-35(33,34)19-9-7-17(8-10-19)22-16-31(18-5-3-2-4-6-18)30-23(22)20-11-12-25(26,27)15-21(20)24(32)29-14-13-28/h2-10,16,20-21H,11-12,14-15H2,1H3,(H,29,32). The van der Waals surface area contributed by atoms with Gasteiger partial charge in [-0.3, -0.25) is 4.79 Å². The van der Waals surface area contributed by atoms with E-state index in [0.29, 0.717) is 16.8 Å². The Bertz CT molecular complexity index is 1360. The third kappa shape index (κ3) is 5.41. The Labute approximate surface area is 202 Å². The number of nitrogens with one attached hydrogen (secondary N) is 1. The first-order valence-electron chi connectivity index (χ1n) is 11.1. The van der Waals surface area contributed by atoms with E-state index in [1.54, 1.807) is 29.1 Å². The van der Waals surface area contributed by atoms with Crippen molar-refractivity contribution in [1.29, 1.82) is 5.26 Å². The van der Waals surface area contributed by atoms with Crippen molar-refractivity contribution in [2.75, 3.05) is 12.8 Å². The Morgan fingerprint density at radius 3 is 2.51 bits per heavy atom. The number of nitriles is 1. The van der Waals surface area contributed by atoms with Crippen molar-refractivity contribution >= 4 is 15.7 Å². The molecule has 1 amide bonds. The van der Waals surface area contributed by atoms with Gasteiger partial charge < -0.3 is 5.32 Å². The highest BCUT2D eigenvalue weighted by molar-refractivity contribution is 7.90. The number of benzene rings is 2. The van der Waals surface area contributed by atoms with Gasteiger partial charge in [-0.05, 0) is 36.2 Å². The molecule has 35 heavy (non-hydrogen) atoms. The summed E-state index contributed by atoms with van der Waals surface area (Å²) in [6, 6.07) is 17.3. The number of para-hydroxylation sites is 1. The molecule has 182 valence electrons. The third-order valence-corrected chi connectivity index (χ3v) is 7.34. The topological polar surface area (TPSA) is 105 Å². The number of carbonyl (C=O) groups is 1. The molecule has 2 unspecified atom stereocenters. The van der Waals surface area contributed by atoms with Crippen LogP contribution >= 0.6 is 0 Å². The molecule has 2 atom stereocenters. The summed E-state index contributed by atoms with van der Waals surface area (Å²) in [5.74, 6) is -5.28. The molecule has 0 bridgehead atoms. The lowest BCUT2D eigenvalue weighted by Crippen LogP contribution is -2.41. The smallest absolute Gasteiger partial charge is 0.249 e. The molecule has 1 heterocycles. The fourth-order valence-electron chi connectivity index (χ4n) is 4.47. The number of sulfone groups is 1. The van der Waals surface area contributed by atoms with Crippen molar-refractivity contribution in [2.24, 2.45) is 5.92 Å². The Kier molecular flexibility index (Phi) is 6.72. The van der Waals surface area contributed by atoms with Crippen LogP contribution < -0.4 is 5.32 Å². The summed E-state index contributed by atoms with van der Waals surface area (Å²) in [6.07, 6.45) is 1.90. The molecule has 1 N–H and O–H groups in total. The van der Waals surface area contributed by atoms with Gasteiger partial charge in [0.05, 0.1) is 28.3 Å². The SMILES string of the molecule is CS(=O)(=O)c1ccc(-c2cn(-c3ccccc3)nc2C2CCC(F)(F)CC2C(=O)NCC#N)cc1. The van der Waals surface area contributed by atoms with E-state index in [2.05, 4.69) is 5.32 Å². The van der Waals surface area contributed by atoms with Gasteiger partial charge in [-0.2, -0.15) is 10.4 Å². The largest absolute Gasteiger partial charge is 0.343 e. The Hall–Kier alpha value is -3.58. The molecule has 3 aromatic rings. The molecule has 1 saturated carbocycles. The first-order valence-corrected chi connectivity index (χ1v) is 13.0. The number of hydrogen-bond acceptors (Lipinski definition) is 5. The second-order valence-corrected chi connectivity index (χ2v) is 10.7. The molecule has 10 heteroatoms. The van der Waals surface area contributed by atoms with Gasteiger partial charge >= 0.3 is 0 Å². The molecular weight excluding hydrogens is 474 g/mol. The molecule has 0 radical (unpaired) electrons. The zero-order valence-corrected chi connectivity index (χ0v) is 19.8. The Morgan fingerprint density at radius 2 is 1.89 bits per heavy atom. The minimum absolute atomic E-state index is 0.0395. The number of nitrogens with zero attached hydrogens (tertiary/aromatic N) is 3. The van der Waals surface area contributed by atoms with Gasteiger partial charge in [0.25, 0.3) is 0 Å². The fraction of sp³-hybridized carbons (Fsp3) is 0.320. The van der Waals surface area contributed by atoms with Crippen molar-refractivity contribution < 1.29 is 22.0 Å². The van der Waals surface area contributed by atoms with Gasteiger partial charge in [-0.1, -0.05) is 30.3 Å². The predicted octanol–water partition coefficient (Wildman–Crippen LogP) is 4.10. The molecule has 0 saturated heterocycles. The fourth-order valence-corrected chi connectivity index (χ4v) is 5.10. The first kappa shape index (κ1) is 24.5. The summed E-state index contributed by atoms with van der Waals surface area (Å²) in [5, 5.41) is 16.0. The van der Waals surface area contributed by atoms with Crippen LogP contribution in [-0.4, -0.2) is 42.8 Å². The lowest BCUT2D eigenvalue weighted by molar-refractivity contribution is -0.133. The van der Waals surface area contributed by atoms with E-state index in [1.165, 1.54) is 12.1 Å². The monoisotopic (exact) mass is 498 g/mol. The Morgan fingerprint density at radius 1 is 1.20 bits per heavy atom. The van der Waals surface area contributed by atoms with E-state index in [9.17, 15) is 22.0 Å². The summed E-state index contributed by atoms with van der Waals surface area (Å²) in [4.78, 5) is 13.0. The van der Waals surface area contributed by atoms with Gasteiger partial charge in [0, 0.05) is 36.8 Å². The van der Waals surface area contributed by atoms with Crippen LogP contribution in [0, 0.1) is 17.2 Å². The number of rotatable bonds is 6. The average Bonchev–Trinajstić information content (AvgIpc) is 3.27. The zero-order valence-electron chi connectivity index (χ0n) is 19.0. The van der Waals surface area contributed by atoms with Crippen molar-refractivity contribution in [1.82, 2.24) is 15.1 Å².